The quantitative estimate of drug-likeness (QED) is 0.166. The van der Waals surface area contributed by atoms with Gasteiger partial charge in [-0.05, 0) is 51.3 Å². The van der Waals surface area contributed by atoms with Gasteiger partial charge in [0.15, 0.2) is 0 Å². The molecule has 13 heteroatoms. The number of benzene rings is 1. The highest BCUT2D eigenvalue weighted by Crippen LogP contribution is 2.24. The first-order chi connectivity index (χ1) is 16.2. The van der Waals surface area contributed by atoms with Crippen LogP contribution in [0.3, 0.4) is 0 Å². The first-order valence-corrected chi connectivity index (χ1v) is 12.3. The molecule has 1 aromatic rings. The number of ether oxygens (including phenoxy) is 1. The molecule has 0 aliphatic carbocycles. The summed E-state index contributed by atoms with van der Waals surface area (Å²) in [5, 5.41) is 0. The Morgan fingerprint density at radius 3 is 2.29 bits per heavy atom. The molecule has 0 fully saturated rings. The molecule has 12 nitrogen and oxygen atoms in total. The third-order valence-corrected chi connectivity index (χ3v) is 5.82. The molecule has 2 rings (SSSR count). The number of nitrogens with one attached hydrogen (secondary N) is 2. The third-order valence-electron chi connectivity index (χ3n) is 4.93. The lowest BCUT2D eigenvalue weighted by molar-refractivity contribution is -0.136. The van der Waals surface area contributed by atoms with Gasteiger partial charge in [0.25, 0.3) is 27.8 Å². The molecule has 1 atom stereocenters. The van der Waals surface area contributed by atoms with E-state index >= 15 is 0 Å². The summed E-state index contributed by atoms with van der Waals surface area (Å²) in [6.45, 7) is 5.17. The van der Waals surface area contributed by atoms with Gasteiger partial charge in [-0.2, -0.15) is 8.42 Å². The molecule has 1 unspecified atom stereocenters. The minimum Gasteiger partial charge on any atom is -0.443 e. The van der Waals surface area contributed by atoms with Gasteiger partial charge in [-0.3, -0.25) is 29.3 Å². The van der Waals surface area contributed by atoms with Crippen molar-refractivity contribution in [3.63, 3.8) is 0 Å². The fourth-order valence-corrected chi connectivity index (χ4v) is 4.00. The SMILES string of the molecule is CC(C)(C)OC(=O)NNC(=O)c1ccc(C(N)CCCCCN2C(=O)C=CC2=O)cc1S(=O)(=O)O. The van der Waals surface area contributed by atoms with Gasteiger partial charge >= 0.3 is 6.09 Å². The molecule has 35 heavy (non-hydrogen) atoms. The lowest BCUT2D eigenvalue weighted by Crippen LogP contribution is -2.44. The number of nitrogens with two attached hydrogens (primary N) is 1. The molecular formula is C22H30N4O8S. The van der Waals surface area contributed by atoms with Gasteiger partial charge in [0.05, 0.1) is 5.56 Å². The van der Waals surface area contributed by atoms with Crippen LogP contribution in [0.1, 0.15) is 68.4 Å². The van der Waals surface area contributed by atoms with E-state index in [-0.39, 0.29) is 11.8 Å². The molecule has 0 saturated carbocycles. The minimum atomic E-state index is -4.79. The van der Waals surface area contributed by atoms with Crippen molar-refractivity contribution >= 4 is 33.9 Å². The smallest absolute Gasteiger partial charge is 0.426 e. The summed E-state index contributed by atoms with van der Waals surface area (Å²) in [4.78, 5) is 47.7. The Kier molecular flexibility index (Phi) is 9.12. The molecule has 1 aliphatic heterocycles. The molecule has 0 radical (unpaired) electrons. The van der Waals surface area contributed by atoms with Crippen LogP contribution in [0.5, 0.6) is 0 Å². The second-order valence-electron chi connectivity index (χ2n) is 8.93. The second kappa shape index (κ2) is 11.4. The Bertz CT molecular complexity index is 1110. The van der Waals surface area contributed by atoms with Crippen LogP contribution in [-0.4, -0.2) is 53.8 Å². The van der Waals surface area contributed by atoms with Gasteiger partial charge in [0, 0.05) is 24.7 Å². The topological polar surface area (TPSA) is 185 Å². The third kappa shape index (κ3) is 8.46. The average Bonchev–Trinajstić information content (AvgIpc) is 3.07. The monoisotopic (exact) mass is 510 g/mol. The van der Waals surface area contributed by atoms with Crippen molar-refractivity contribution < 1.29 is 36.9 Å². The van der Waals surface area contributed by atoms with Gasteiger partial charge in [-0.15, -0.1) is 0 Å². The van der Waals surface area contributed by atoms with Gasteiger partial charge in [-0.1, -0.05) is 18.9 Å². The fourth-order valence-electron chi connectivity index (χ4n) is 3.28. The first kappa shape index (κ1) is 28.0. The number of carbonyl (C=O) groups is 4. The number of amides is 4. The maximum atomic E-state index is 12.4. The van der Waals surface area contributed by atoms with Crippen molar-refractivity contribution in [2.75, 3.05) is 6.54 Å². The minimum absolute atomic E-state index is 0.300. The van der Waals surface area contributed by atoms with E-state index in [1.165, 1.54) is 24.3 Å². The van der Waals surface area contributed by atoms with Gasteiger partial charge in [0.1, 0.15) is 10.5 Å². The summed E-state index contributed by atoms with van der Waals surface area (Å²) in [5.41, 5.74) is 9.37. The normalized spacial score (nSPS) is 14.7. The van der Waals surface area contributed by atoms with Crippen LogP contribution in [0.25, 0.3) is 0 Å². The van der Waals surface area contributed by atoms with Crippen molar-refractivity contribution in [3.05, 3.63) is 41.5 Å². The summed E-state index contributed by atoms with van der Waals surface area (Å²) in [7, 11) is -4.79. The molecule has 4 amide bonds. The number of hydrazine groups is 1. The molecular weight excluding hydrogens is 480 g/mol. The number of unbranched alkanes of at least 4 members (excludes halogenated alkanes) is 2. The van der Waals surface area contributed by atoms with Crippen LogP contribution in [0.2, 0.25) is 0 Å². The highest BCUT2D eigenvalue weighted by molar-refractivity contribution is 7.86. The molecule has 0 aromatic heterocycles. The van der Waals surface area contributed by atoms with E-state index in [0.717, 1.165) is 11.0 Å². The zero-order valence-electron chi connectivity index (χ0n) is 19.7. The molecule has 1 aliphatic rings. The number of carbonyl (C=O) groups excluding carboxylic acids is 4. The number of rotatable bonds is 9. The lowest BCUT2D eigenvalue weighted by Gasteiger charge is -2.20. The van der Waals surface area contributed by atoms with E-state index in [1.54, 1.807) is 20.8 Å². The summed E-state index contributed by atoms with van der Waals surface area (Å²) in [6.07, 6.45) is 3.85. The van der Waals surface area contributed by atoms with E-state index < -0.39 is 44.2 Å². The van der Waals surface area contributed by atoms with Crippen LogP contribution in [-0.2, 0) is 24.4 Å². The van der Waals surface area contributed by atoms with E-state index in [1.807, 2.05) is 10.9 Å². The van der Waals surface area contributed by atoms with Crippen molar-refractivity contribution in [1.29, 1.82) is 0 Å². The van der Waals surface area contributed by atoms with Crippen LogP contribution in [0.15, 0.2) is 35.2 Å². The predicted octanol–water partition coefficient (Wildman–Crippen LogP) is 1.59. The van der Waals surface area contributed by atoms with Crippen LogP contribution in [0, 0.1) is 0 Å². The summed E-state index contributed by atoms with van der Waals surface area (Å²) in [5.74, 6) is -1.66. The van der Waals surface area contributed by atoms with E-state index in [0.29, 0.717) is 37.8 Å². The van der Waals surface area contributed by atoms with E-state index in [9.17, 15) is 32.1 Å². The lowest BCUT2D eigenvalue weighted by atomic mass is 9.99. The van der Waals surface area contributed by atoms with Gasteiger partial charge in [0.2, 0.25) is 0 Å². The number of hydrogen-bond donors (Lipinski definition) is 4. The van der Waals surface area contributed by atoms with Crippen molar-refractivity contribution in [2.24, 2.45) is 5.73 Å². The molecule has 5 N–H and O–H groups in total. The predicted molar refractivity (Wildman–Crippen MR) is 124 cm³/mol. The maximum absolute atomic E-state index is 12.4. The Morgan fingerprint density at radius 2 is 1.71 bits per heavy atom. The number of hydrogen-bond acceptors (Lipinski definition) is 8. The Balaban J connectivity index is 1.97. The largest absolute Gasteiger partial charge is 0.443 e. The van der Waals surface area contributed by atoms with Crippen molar-refractivity contribution in [2.45, 2.75) is 63.0 Å². The standard InChI is InChI=1S/C22H30N4O8S/c1-22(2,3)34-21(30)25-24-20(29)15-9-8-14(13-17(15)35(31,32)33)16(23)7-5-4-6-12-26-18(27)10-11-19(26)28/h8-11,13,16H,4-7,12,23H2,1-3H3,(H,24,29)(H,25,30)(H,31,32,33). The zero-order valence-corrected chi connectivity index (χ0v) is 20.6. The molecule has 0 spiro atoms. The second-order valence-corrected chi connectivity index (χ2v) is 10.3. The van der Waals surface area contributed by atoms with E-state index in [2.05, 4.69) is 0 Å². The Morgan fingerprint density at radius 1 is 1.09 bits per heavy atom. The summed E-state index contributed by atoms with van der Waals surface area (Å²) >= 11 is 0. The number of imide groups is 1. The molecule has 0 saturated heterocycles. The fraction of sp³-hybridized carbons (Fsp3) is 0.455. The van der Waals surface area contributed by atoms with Crippen LogP contribution in [0.4, 0.5) is 4.79 Å². The molecule has 1 heterocycles. The van der Waals surface area contributed by atoms with Crippen molar-refractivity contribution in [3.8, 4) is 0 Å². The maximum Gasteiger partial charge on any atom is 0.426 e. The first-order valence-electron chi connectivity index (χ1n) is 10.9. The van der Waals surface area contributed by atoms with Gasteiger partial charge in [-0.25, -0.2) is 10.2 Å². The molecule has 0 bridgehead atoms. The average molecular weight is 511 g/mol. The summed E-state index contributed by atoms with van der Waals surface area (Å²) < 4.78 is 38.4. The van der Waals surface area contributed by atoms with Crippen molar-refractivity contribution in [1.82, 2.24) is 15.8 Å². The summed E-state index contributed by atoms with van der Waals surface area (Å²) in [6, 6.07) is 3.15. The Labute approximate surface area is 203 Å². The molecule has 1 aromatic carbocycles. The highest BCUT2D eigenvalue weighted by Gasteiger charge is 2.24. The van der Waals surface area contributed by atoms with E-state index in [4.69, 9.17) is 10.5 Å². The zero-order chi connectivity index (χ0) is 26.4. The van der Waals surface area contributed by atoms with Gasteiger partial charge < -0.3 is 10.5 Å². The number of nitrogens with zero attached hydrogens (tertiary/aromatic N) is 1. The molecule has 192 valence electrons. The van der Waals surface area contributed by atoms with Crippen LogP contribution < -0.4 is 16.6 Å². The van der Waals surface area contributed by atoms with Crippen LogP contribution >= 0.6 is 0 Å². The highest BCUT2D eigenvalue weighted by atomic mass is 32.2. The Hall–Kier alpha value is -3.29.